The summed E-state index contributed by atoms with van der Waals surface area (Å²) in [5.41, 5.74) is 2.90. The second-order valence-corrected chi connectivity index (χ2v) is 6.92. The van der Waals surface area contributed by atoms with Crippen LogP contribution >= 0.6 is 0 Å². The minimum absolute atomic E-state index is 0.00718. The Hall–Kier alpha value is -2.62. The maximum absolute atomic E-state index is 12.9. The lowest BCUT2D eigenvalue weighted by Gasteiger charge is -2.36. The van der Waals surface area contributed by atoms with E-state index in [-0.39, 0.29) is 11.8 Å². The second-order valence-electron chi connectivity index (χ2n) is 6.92. The van der Waals surface area contributed by atoms with E-state index >= 15 is 0 Å². The minimum atomic E-state index is -0.573. The smallest absolute Gasteiger partial charge is 0.247 e. The minimum Gasteiger partial charge on any atom is -0.354 e. The molecule has 3 rings (SSSR count). The van der Waals surface area contributed by atoms with Gasteiger partial charge >= 0.3 is 0 Å². The molecule has 2 amide bonds. The zero-order valence-electron chi connectivity index (χ0n) is 14.7. The van der Waals surface area contributed by atoms with Crippen LogP contribution in [0.15, 0.2) is 54.6 Å². The van der Waals surface area contributed by atoms with E-state index in [1.165, 1.54) is 0 Å². The van der Waals surface area contributed by atoms with Gasteiger partial charge in [0.05, 0.1) is 6.42 Å². The van der Waals surface area contributed by atoms with Gasteiger partial charge in [0.1, 0.15) is 6.04 Å². The molecule has 0 unspecified atom stereocenters. The highest BCUT2D eigenvalue weighted by molar-refractivity contribution is 5.92. The lowest BCUT2D eigenvalue weighted by molar-refractivity contribution is -0.142. The standard InChI is InChI=1S/C21H24N2O2/c1-15(2)13-22-21(25)20-18-11-7-6-10-17(18)12-19(24)23(20)14-16-8-4-3-5-9-16/h3-11,15,20H,12-14H2,1-2H3,(H,22,25)/t20-/m0/s1. The first-order chi connectivity index (χ1) is 12.1. The van der Waals surface area contributed by atoms with Crippen molar-refractivity contribution < 1.29 is 9.59 Å². The van der Waals surface area contributed by atoms with Crippen LogP contribution in [0.3, 0.4) is 0 Å². The number of nitrogens with zero attached hydrogens (tertiary/aromatic N) is 1. The number of carbonyl (C=O) groups is 2. The number of hydrogen-bond acceptors (Lipinski definition) is 2. The Morgan fingerprint density at radius 1 is 1.12 bits per heavy atom. The van der Waals surface area contributed by atoms with Crippen LogP contribution in [0.5, 0.6) is 0 Å². The molecule has 2 aromatic rings. The second kappa shape index (κ2) is 7.51. The molecule has 1 atom stereocenters. The molecule has 1 aliphatic rings. The molecule has 4 nitrogen and oxygen atoms in total. The summed E-state index contributed by atoms with van der Waals surface area (Å²) in [5.74, 6) is 0.249. The molecular weight excluding hydrogens is 312 g/mol. The lowest BCUT2D eigenvalue weighted by atomic mass is 9.91. The van der Waals surface area contributed by atoms with Crippen LogP contribution in [0, 0.1) is 5.92 Å². The molecule has 0 radical (unpaired) electrons. The molecular formula is C21H24N2O2. The van der Waals surface area contributed by atoms with Crippen molar-refractivity contribution >= 4 is 11.8 Å². The van der Waals surface area contributed by atoms with Crippen LogP contribution < -0.4 is 5.32 Å². The third-order valence-electron chi connectivity index (χ3n) is 4.45. The zero-order chi connectivity index (χ0) is 17.8. The Balaban J connectivity index is 1.93. The topological polar surface area (TPSA) is 49.4 Å². The molecule has 25 heavy (non-hydrogen) atoms. The number of fused-ring (bicyclic) bond motifs is 1. The first kappa shape index (κ1) is 17.2. The summed E-state index contributed by atoms with van der Waals surface area (Å²) in [5, 5.41) is 3.00. The quantitative estimate of drug-likeness (QED) is 0.912. The first-order valence-corrected chi connectivity index (χ1v) is 8.75. The van der Waals surface area contributed by atoms with Gasteiger partial charge in [-0.05, 0) is 22.6 Å². The predicted octanol–water partition coefficient (Wildman–Crippen LogP) is 3.08. The lowest BCUT2D eigenvalue weighted by Crippen LogP contribution is -2.47. The summed E-state index contributed by atoms with van der Waals surface area (Å²) >= 11 is 0. The summed E-state index contributed by atoms with van der Waals surface area (Å²) in [7, 11) is 0. The fourth-order valence-corrected chi connectivity index (χ4v) is 3.18. The molecule has 2 aromatic carbocycles. The van der Waals surface area contributed by atoms with Gasteiger partial charge in [-0.15, -0.1) is 0 Å². The van der Waals surface area contributed by atoms with E-state index in [0.29, 0.717) is 25.4 Å². The van der Waals surface area contributed by atoms with E-state index < -0.39 is 6.04 Å². The number of benzene rings is 2. The van der Waals surface area contributed by atoms with Gasteiger partial charge in [0.2, 0.25) is 11.8 Å². The van der Waals surface area contributed by atoms with Crippen LogP contribution in [0.1, 0.15) is 36.6 Å². The Bertz CT molecular complexity index is 756. The number of nitrogens with one attached hydrogen (secondary N) is 1. The van der Waals surface area contributed by atoms with E-state index in [9.17, 15) is 9.59 Å². The molecule has 0 aliphatic carbocycles. The van der Waals surface area contributed by atoms with Gasteiger partial charge in [-0.25, -0.2) is 0 Å². The predicted molar refractivity (Wildman–Crippen MR) is 97.7 cm³/mol. The Morgan fingerprint density at radius 3 is 2.52 bits per heavy atom. The van der Waals surface area contributed by atoms with Gasteiger partial charge in [0, 0.05) is 13.1 Å². The van der Waals surface area contributed by atoms with Crippen LogP contribution in [-0.2, 0) is 22.6 Å². The third kappa shape index (κ3) is 3.90. The Labute approximate surface area is 148 Å². The average molecular weight is 336 g/mol. The third-order valence-corrected chi connectivity index (χ3v) is 4.45. The number of rotatable bonds is 5. The van der Waals surface area contributed by atoms with E-state index in [0.717, 1.165) is 16.7 Å². The van der Waals surface area contributed by atoms with Gasteiger partial charge < -0.3 is 10.2 Å². The summed E-state index contributed by atoms with van der Waals surface area (Å²) in [6.07, 6.45) is 0.344. The van der Waals surface area contributed by atoms with Gasteiger partial charge in [0.25, 0.3) is 0 Å². The van der Waals surface area contributed by atoms with Crippen molar-refractivity contribution in [1.29, 1.82) is 0 Å². The molecule has 0 saturated carbocycles. The van der Waals surface area contributed by atoms with Crippen molar-refractivity contribution in [1.82, 2.24) is 10.2 Å². The van der Waals surface area contributed by atoms with Crippen LogP contribution in [0.25, 0.3) is 0 Å². The van der Waals surface area contributed by atoms with E-state index in [4.69, 9.17) is 0 Å². The van der Waals surface area contributed by atoms with Crippen LogP contribution in [0.2, 0.25) is 0 Å². The van der Waals surface area contributed by atoms with Crippen molar-refractivity contribution in [3.8, 4) is 0 Å². The molecule has 0 saturated heterocycles. The normalized spacial score (nSPS) is 16.7. The van der Waals surface area contributed by atoms with E-state index in [1.54, 1.807) is 4.90 Å². The SMILES string of the molecule is CC(C)CNC(=O)[C@@H]1c2ccccc2CC(=O)N1Cc1ccccc1. The Kier molecular flexibility index (Phi) is 5.17. The van der Waals surface area contributed by atoms with Crippen molar-refractivity contribution in [3.05, 3.63) is 71.3 Å². The van der Waals surface area contributed by atoms with Crippen molar-refractivity contribution in [3.63, 3.8) is 0 Å². The maximum Gasteiger partial charge on any atom is 0.247 e. The van der Waals surface area contributed by atoms with Gasteiger partial charge in [-0.1, -0.05) is 68.4 Å². The van der Waals surface area contributed by atoms with Gasteiger partial charge in [-0.2, -0.15) is 0 Å². The van der Waals surface area contributed by atoms with Crippen molar-refractivity contribution in [2.75, 3.05) is 6.54 Å². The zero-order valence-corrected chi connectivity index (χ0v) is 14.7. The molecule has 1 aliphatic heterocycles. The molecule has 130 valence electrons. The van der Waals surface area contributed by atoms with Crippen LogP contribution in [-0.4, -0.2) is 23.3 Å². The number of amides is 2. The summed E-state index contributed by atoms with van der Waals surface area (Å²) in [4.78, 5) is 27.4. The molecule has 0 aromatic heterocycles. The highest BCUT2D eigenvalue weighted by atomic mass is 16.2. The average Bonchev–Trinajstić information content (AvgIpc) is 2.61. The van der Waals surface area contributed by atoms with Crippen molar-refractivity contribution in [2.45, 2.75) is 32.9 Å². The number of hydrogen-bond donors (Lipinski definition) is 1. The first-order valence-electron chi connectivity index (χ1n) is 8.75. The van der Waals surface area contributed by atoms with E-state index in [2.05, 4.69) is 19.2 Å². The molecule has 1 N–H and O–H groups in total. The summed E-state index contributed by atoms with van der Waals surface area (Å²) in [6, 6.07) is 17.0. The molecule has 0 bridgehead atoms. The maximum atomic E-state index is 12.9. The highest BCUT2D eigenvalue weighted by Crippen LogP contribution is 2.32. The fraction of sp³-hybridized carbons (Fsp3) is 0.333. The van der Waals surface area contributed by atoms with Crippen molar-refractivity contribution in [2.24, 2.45) is 5.92 Å². The summed E-state index contributed by atoms with van der Waals surface area (Å²) in [6.45, 7) is 5.16. The Morgan fingerprint density at radius 2 is 1.80 bits per heavy atom. The molecule has 0 fully saturated rings. The monoisotopic (exact) mass is 336 g/mol. The molecule has 4 heteroatoms. The van der Waals surface area contributed by atoms with Gasteiger partial charge in [-0.3, -0.25) is 9.59 Å². The highest BCUT2D eigenvalue weighted by Gasteiger charge is 2.36. The number of carbonyl (C=O) groups excluding carboxylic acids is 2. The van der Waals surface area contributed by atoms with E-state index in [1.807, 2.05) is 54.6 Å². The molecule has 1 heterocycles. The van der Waals surface area contributed by atoms with Crippen LogP contribution in [0.4, 0.5) is 0 Å². The molecule has 0 spiro atoms. The summed E-state index contributed by atoms with van der Waals surface area (Å²) < 4.78 is 0. The largest absolute Gasteiger partial charge is 0.354 e. The van der Waals surface area contributed by atoms with Gasteiger partial charge in [0.15, 0.2) is 0 Å². The fourth-order valence-electron chi connectivity index (χ4n) is 3.18.